The third-order valence-corrected chi connectivity index (χ3v) is 4.97. The van der Waals surface area contributed by atoms with E-state index in [1.807, 2.05) is 30.3 Å². The largest absolute Gasteiger partial charge is 0.467 e. The predicted octanol–water partition coefficient (Wildman–Crippen LogP) is 2.40. The van der Waals surface area contributed by atoms with Gasteiger partial charge in [-0.05, 0) is 24.3 Å². The summed E-state index contributed by atoms with van der Waals surface area (Å²) in [6, 6.07) is 8.13. The number of hydrogen-bond acceptors (Lipinski definition) is 4. The zero-order valence-electron chi connectivity index (χ0n) is 15.4. The first kappa shape index (κ1) is 20.2. The average molecular weight is 362 g/mol. The number of carbonyl (C=O) groups is 2. The van der Waals surface area contributed by atoms with Crippen molar-refractivity contribution < 1.29 is 19.4 Å². The normalized spacial score (nSPS) is 17.2. The van der Waals surface area contributed by atoms with Crippen LogP contribution in [-0.4, -0.2) is 42.9 Å². The molecule has 1 fully saturated rings. The van der Waals surface area contributed by atoms with Crippen molar-refractivity contribution >= 4 is 12.0 Å². The fourth-order valence-corrected chi connectivity index (χ4v) is 3.56. The fourth-order valence-electron chi connectivity index (χ4n) is 3.56. The number of nitrogens with one attached hydrogen (secondary N) is 2. The maximum Gasteiger partial charge on any atom is 0.328 e. The Bertz CT molecular complexity index is 558. The molecule has 0 saturated heterocycles. The van der Waals surface area contributed by atoms with Gasteiger partial charge in [-0.15, -0.1) is 0 Å². The number of carbonyl (C=O) groups excluding carboxylic acids is 2. The standard InChI is InChI=1S/C20H30N2O4/c1-26-19(24)18(13-16-10-6-3-7-11-16)22-20(25)21-17(14-23)12-15-8-4-2-5-9-15/h2,4-5,8-9,16-18,23H,3,6-7,10-14H2,1H3,(H2,21,22,25)/t17-,18+/m0/s1. The van der Waals surface area contributed by atoms with E-state index in [4.69, 9.17) is 4.74 Å². The van der Waals surface area contributed by atoms with Crippen LogP contribution in [0.3, 0.4) is 0 Å². The molecule has 1 aromatic rings. The summed E-state index contributed by atoms with van der Waals surface area (Å²) in [5.41, 5.74) is 1.03. The molecule has 0 spiro atoms. The van der Waals surface area contributed by atoms with Gasteiger partial charge >= 0.3 is 12.0 Å². The molecule has 6 heteroatoms. The molecule has 6 nitrogen and oxygen atoms in total. The first-order chi connectivity index (χ1) is 12.6. The van der Waals surface area contributed by atoms with Crippen LogP contribution in [-0.2, 0) is 16.0 Å². The summed E-state index contributed by atoms with van der Waals surface area (Å²) in [5, 5.41) is 15.0. The SMILES string of the molecule is COC(=O)[C@@H](CC1CCCCC1)NC(=O)N[C@H](CO)Cc1ccccc1. The van der Waals surface area contributed by atoms with Crippen molar-refractivity contribution in [2.24, 2.45) is 5.92 Å². The molecule has 0 aromatic heterocycles. The second-order valence-corrected chi connectivity index (χ2v) is 7.00. The van der Waals surface area contributed by atoms with Crippen LogP contribution in [0.5, 0.6) is 0 Å². The Labute approximate surface area is 155 Å². The molecule has 26 heavy (non-hydrogen) atoms. The van der Waals surface area contributed by atoms with Crippen molar-refractivity contribution in [3.8, 4) is 0 Å². The lowest BCUT2D eigenvalue weighted by Crippen LogP contribution is -2.51. The van der Waals surface area contributed by atoms with Gasteiger partial charge in [0.15, 0.2) is 0 Å². The highest BCUT2D eigenvalue weighted by molar-refractivity contribution is 5.83. The molecule has 3 N–H and O–H groups in total. The lowest BCUT2D eigenvalue weighted by atomic mass is 9.85. The van der Waals surface area contributed by atoms with Crippen LogP contribution in [0.2, 0.25) is 0 Å². The molecule has 0 bridgehead atoms. The molecule has 2 atom stereocenters. The van der Waals surface area contributed by atoms with Gasteiger partial charge in [0.1, 0.15) is 6.04 Å². The van der Waals surface area contributed by atoms with Crippen molar-refractivity contribution in [2.75, 3.05) is 13.7 Å². The lowest BCUT2D eigenvalue weighted by molar-refractivity contribution is -0.143. The van der Waals surface area contributed by atoms with Gasteiger partial charge in [0, 0.05) is 0 Å². The maximum atomic E-state index is 12.3. The zero-order chi connectivity index (χ0) is 18.8. The minimum atomic E-state index is -0.654. The Balaban J connectivity index is 1.88. The maximum absolute atomic E-state index is 12.3. The molecule has 0 aliphatic heterocycles. The molecular formula is C20H30N2O4. The van der Waals surface area contributed by atoms with E-state index in [0.29, 0.717) is 18.8 Å². The number of hydrogen-bond donors (Lipinski definition) is 3. The zero-order valence-corrected chi connectivity index (χ0v) is 15.4. The first-order valence-electron chi connectivity index (χ1n) is 9.42. The molecular weight excluding hydrogens is 332 g/mol. The van der Waals surface area contributed by atoms with Crippen LogP contribution in [0.15, 0.2) is 30.3 Å². The van der Waals surface area contributed by atoms with Crippen LogP contribution in [0.25, 0.3) is 0 Å². The number of aliphatic hydroxyl groups is 1. The van der Waals surface area contributed by atoms with Crippen LogP contribution in [0.4, 0.5) is 4.79 Å². The minimum absolute atomic E-state index is 0.173. The number of esters is 1. The van der Waals surface area contributed by atoms with E-state index in [2.05, 4.69) is 10.6 Å². The number of ether oxygens (including phenoxy) is 1. The number of urea groups is 1. The summed E-state index contributed by atoms with van der Waals surface area (Å²) in [6.45, 7) is -0.173. The van der Waals surface area contributed by atoms with Crippen molar-refractivity contribution in [1.29, 1.82) is 0 Å². The van der Waals surface area contributed by atoms with E-state index >= 15 is 0 Å². The van der Waals surface area contributed by atoms with Gasteiger partial charge in [-0.25, -0.2) is 9.59 Å². The Kier molecular flexibility index (Phi) is 8.41. The van der Waals surface area contributed by atoms with Gasteiger partial charge in [-0.1, -0.05) is 62.4 Å². The summed E-state index contributed by atoms with van der Waals surface area (Å²) >= 11 is 0. The van der Waals surface area contributed by atoms with Crippen molar-refractivity contribution in [3.63, 3.8) is 0 Å². The van der Waals surface area contributed by atoms with Crippen LogP contribution in [0, 0.1) is 5.92 Å². The Morgan fingerprint density at radius 1 is 1.15 bits per heavy atom. The number of aliphatic hydroxyl groups excluding tert-OH is 1. The van der Waals surface area contributed by atoms with Crippen molar-refractivity contribution in [1.82, 2.24) is 10.6 Å². The predicted molar refractivity (Wildman–Crippen MR) is 99.7 cm³/mol. The van der Waals surface area contributed by atoms with E-state index in [9.17, 15) is 14.7 Å². The third kappa shape index (κ3) is 6.67. The number of benzene rings is 1. The van der Waals surface area contributed by atoms with E-state index in [1.165, 1.54) is 26.4 Å². The van der Waals surface area contributed by atoms with Crippen molar-refractivity contribution in [2.45, 2.75) is 57.0 Å². The molecule has 144 valence electrons. The highest BCUT2D eigenvalue weighted by Gasteiger charge is 2.27. The molecule has 1 aliphatic rings. The first-order valence-corrected chi connectivity index (χ1v) is 9.42. The summed E-state index contributed by atoms with van der Waals surface area (Å²) in [4.78, 5) is 24.4. The van der Waals surface area contributed by atoms with Crippen LogP contribution >= 0.6 is 0 Å². The van der Waals surface area contributed by atoms with Gasteiger partial charge in [0.05, 0.1) is 19.8 Å². The molecule has 1 aliphatic carbocycles. The topological polar surface area (TPSA) is 87.7 Å². The minimum Gasteiger partial charge on any atom is -0.467 e. The number of amides is 2. The number of methoxy groups -OCH3 is 1. The molecule has 1 saturated carbocycles. The van der Waals surface area contributed by atoms with Gasteiger partial charge in [0.2, 0.25) is 0 Å². The molecule has 2 rings (SSSR count). The monoisotopic (exact) mass is 362 g/mol. The molecule has 0 heterocycles. The Morgan fingerprint density at radius 3 is 2.46 bits per heavy atom. The molecule has 0 radical (unpaired) electrons. The molecule has 0 unspecified atom stereocenters. The Morgan fingerprint density at radius 2 is 1.85 bits per heavy atom. The lowest BCUT2D eigenvalue weighted by Gasteiger charge is -2.26. The van der Waals surface area contributed by atoms with E-state index in [1.54, 1.807) is 0 Å². The summed E-state index contributed by atoms with van der Waals surface area (Å²) in [6.07, 6.45) is 6.89. The summed E-state index contributed by atoms with van der Waals surface area (Å²) < 4.78 is 4.85. The van der Waals surface area contributed by atoms with E-state index in [0.717, 1.165) is 18.4 Å². The van der Waals surface area contributed by atoms with Gasteiger partial charge in [-0.3, -0.25) is 0 Å². The quantitative estimate of drug-likeness (QED) is 0.620. The highest BCUT2D eigenvalue weighted by atomic mass is 16.5. The van der Waals surface area contributed by atoms with E-state index in [-0.39, 0.29) is 6.61 Å². The Hall–Kier alpha value is -2.08. The molecule has 2 amide bonds. The van der Waals surface area contributed by atoms with Crippen LogP contribution < -0.4 is 10.6 Å². The van der Waals surface area contributed by atoms with E-state index < -0.39 is 24.1 Å². The van der Waals surface area contributed by atoms with Gasteiger partial charge < -0.3 is 20.5 Å². The van der Waals surface area contributed by atoms with Gasteiger partial charge in [-0.2, -0.15) is 0 Å². The summed E-state index contributed by atoms with van der Waals surface area (Å²) in [5.74, 6) is 0.0143. The van der Waals surface area contributed by atoms with Crippen LogP contribution in [0.1, 0.15) is 44.1 Å². The number of rotatable bonds is 8. The van der Waals surface area contributed by atoms with Gasteiger partial charge in [0.25, 0.3) is 0 Å². The summed E-state index contributed by atoms with van der Waals surface area (Å²) in [7, 11) is 1.34. The second-order valence-electron chi connectivity index (χ2n) is 7.00. The smallest absolute Gasteiger partial charge is 0.328 e. The fraction of sp³-hybridized carbons (Fsp3) is 0.600. The molecule has 1 aromatic carbocycles. The second kappa shape index (κ2) is 10.8. The third-order valence-electron chi connectivity index (χ3n) is 4.97. The average Bonchev–Trinajstić information content (AvgIpc) is 2.68. The highest BCUT2D eigenvalue weighted by Crippen LogP contribution is 2.27. The van der Waals surface area contributed by atoms with Crippen molar-refractivity contribution in [3.05, 3.63) is 35.9 Å².